The lowest BCUT2D eigenvalue weighted by atomic mass is 10.0. The van der Waals surface area contributed by atoms with Gasteiger partial charge in [-0.05, 0) is 43.4 Å². The van der Waals surface area contributed by atoms with Gasteiger partial charge in [-0.1, -0.05) is 69.6 Å². The molecule has 25 heavy (non-hydrogen) atoms. The summed E-state index contributed by atoms with van der Waals surface area (Å²) < 4.78 is 10.8. The first-order valence-corrected chi connectivity index (χ1v) is 10.3. The molecule has 0 spiro atoms. The van der Waals surface area contributed by atoms with Gasteiger partial charge in [-0.3, -0.25) is 0 Å². The van der Waals surface area contributed by atoms with Crippen molar-refractivity contribution in [3.63, 3.8) is 0 Å². The SMILES string of the molecule is C=CCCCCCCCCCCCCc1ccc(OCC2CO2)cc1. The molecule has 0 amide bonds. The van der Waals surface area contributed by atoms with E-state index in [1.807, 2.05) is 6.08 Å². The number of allylic oxidation sites excluding steroid dienone is 1. The van der Waals surface area contributed by atoms with Crippen LogP contribution in [0.1, 0.15) is 76.2 Å². The van der Waals surface area contributed by atoms with Crippen molar-refractivity contribution in [2.45, 2.75) is 83.2 Å². The third-order valence-corrected chi connectivity index (χ3v) is 4.89. The lowest BCUT2D eigenvalue weighted by Gasteiger charge is -2.06. The highest BCUT2D eigenvalue weighted by Crippen LogP contribution is 2.17. The molecule has 1 fully saturated rings. The third kappa shape index (κ3) is 10.3. The molecule has 0 aliphatic carbocycles. The number of hydrogen-bond acceptors (Lipinski definition) is 2. The predicted molar refractivity (Wildman–Crippen MR) is 106 cm³/mol. The highest BCUT2D eigenvalue weighted by Gasteiger charge is 2.22. The number of epoxide rings is 1. The van der Waals surface area contributed by atoms with Gasteiger partial charge in [0.1, 0.15) is 18.5 Å². The number of rotatable bonds is 16. The van der Waals surface area contributed by atoms with Crippen LogP contribution >= 0.6 is 0 Å². The minimum absolute atomic E-state index is 0.330. The quantitative estimate of drug-likeness (QED) is 0.194. The Morgan fingerprint density at radius 1 is 0.880 bits per heavy atom. The monoisotopic (exact) mass is 344 g/mol. The minimum atomic E-state index is 0.330. The van der Waals surface area contributed by atoms with E-state index in [0.29, 0.717) is 12.7 Å². The van der Waals surface area contributed by atoms with Crippen LogP contribution in [0.25, 0.3) is 0 Å². The highest BCUT2D eigenvalue weighted by molar-refractivity contribution is 5.27. The molecule has 0 radical (unpaired) electrons. The van der Waals surface area contributed by atoms with Crippen molar-refractivity contribution >= 4 is 0 Å². The first kappa shape index (κ1) is 20.0. The van der Waals surface area contributed by atoms with Crippen molar-refractivity contribution < 1.29 is 9.47 Å². The van der Waals surface area contributed by atoms with Crippen LogP contribution in [0, 0.1) is 0 Å². The molecule has 1 heterocycles. The van der Waals surface area contributed by atoms with E-state index in [1.165, 1.54) is 82.6 Å². The Labute approximate surface area is 154 Å². The zero-order chi connectivity index (χ0) is 17.6. The lowest BCUT2D eigenvalue weighted by molar-refractivity contribution is 0.263. The van der Waals surface area contributed by atoms with E-state index in [1.54, 1.807) is 0 Å². The van der Waals surface area contributed by atoms with Crippen LogP contribution in [0.3, 0.4) is 0 Å². The number of ether oxygens (including phenoxy) is 2. The Balaban J connectivity index is 1.38. The van der Waals surface area contributed by atoms with Gasteiger partial charge in [-0.2, -0.15) is 0 Å². The van der Waals surface area contributed by atoms with Crippen LogP contribution in [-0.4, -0.2) is 19.3 Å². The first-order chi connectivity index (χ1) is 12.4. The highest BCUT2D eigenvalue weighted by atomic mass is 16.6. The molecular formula is C23H36O2. The molecule has 1 aromatic carbocycles. The van der Waals surface area contributed by atoms with E-state index in [4.69, 9.17) is 9.47 Å². The van der Waals surface area contributed by atoms with Crippen LogP contribution in [0.5, 0.6) is 5.75 Å². The fraction of sp³-hybridized carbons (Fsp3) is 0.652. The Morgan fingerprint density at radius 2 is 1.44 bits per heavy atom. The van der Waals surface area contributed by atoms with Gasteiger partial charge in [0, 0.05) is 0 Å². The van der Waals surface area contributed by atoms with E-state index >= 15 is 0 Å². The molecule has 1 aliphatic rings. The molecule has 1 unspecified atom stereocenters. The largest absolute Gasteiger partial charge is 0.491 e. The summed E-state index contributed by atoms with van der Waals surface area (Å²) >= 11 is 0. The third-order valence-electron chi connectivity index (χ3n) is 4.89. The van der Waals surface area contributed by atoms with Crippen molar-refractivity contribution in [1.82, 2.24) is 0 Å². The van der Waals surface area contributed by atoms with E-state index in [0.717, 1.165) is 12.4 Å². The number of unbranched alkanes of at least 4 members (excludes halogenated alkanes) is 10. The molecule has 1 atom stereocenters. The lowest BCUT2D eigenvalue weighted by Crippen LogP contribution is -2.03. The van der Waals surface area contributed by atoms with Crippen LogP contribution < -0.4 is 4.74 Å². The fourth-order valence-corrected chi connectivity index (χ4v) is 3.14. The van der Waals surface area contributed by atoms with Gasteiger partial charge in [0.25, 0.3) is 0 Å². The van der Waals surface area contributed by atoms with Gasteiger partial charge in [-0.25, -0.2) is 0 Å². The fourth-order valence-electron chi connectivity index (χ4n) is 3.14. The summed E-state index contributed by atoms with van der Waals surface area (Å²) in [7, 11) is 0. The average molecular weight is 345 g/mol. The van der Waals surface area contributed by atoms with Gasteiger partial charge < -0.3 is 9.47 Å². The minimum Gasteiger partial charge on any atom is -0.491 e. The van der Waals surface area contributed by atoms with Crippen molar-refractivity contribution in [3.05, 3.63) is 42.5 Å². The standard InChI is InChI=1S/C23H36O2/c1-2-3-4-5-6-7-8-9-10-11-12-13-14-21-15-17-22(18-16-21)24-19-23-20-25-23/h2,15-18,23H,1,3-14,19-20H2. The number of hydrogen-bond donors (Lipinski definition) is 0. The number of aryl methyl sites for hydroxylation is 1. The predicted octanol–water partition coefficient (Wildman–Crippen LogP) is 6.48. The van der Waals surface area contributed by atoms with Gasteiger partial charge in [-0.15, -0.1) is 6.58 Å². The molecule has 0 N–H and O–H groups in total. The van der Waals surface area contributed by atoms with Gasteiger partial charge in [0.2, 0.25) is 0 Å². The molecule has 0 saturated carbocycles. The molecule has 1 saturated heterocycles. The smallest absolute Gasteiger partial charge is 0.119 e. The molecule has 0 aromatic heterocycles. The summed E-state index contributed by atoms with van der Waals surface area (Å²) in [6, 6.07) is 8.59. The van der Waals surface area contributed by atoms with Crippen LogP contribution in [0.15, 0.2) is 36.9 Å². The Morgan fingerprint density at radius 3 is 2.00 bits per heavy atom. The Hall–Kier alpha value is -1.28. The van der Waals surface area contributed by atoms with Crippen molar-refractivity contribution in [2.24, 2.45) is 0 Å². The topological polar surface area (TPSA) is 21.8 Å². The van der Waals surface area contributed by atoms with Crippen LogP contribution in [-0.2, 0) is 11.2 Å². The second-order valence-corrected chi connectivity index (χ2v) is 7.27. The molecule has 140 valence electrons. The van der Waals surface area contributed by atoms with E-state index in [9.17, 15) is 0 Å². The second kappa shape index (κ2) is 13.0. The summed E-state index contributed by atoms with van der Waals surface area (Å²) in [5.74, 6) is 0.962. The average Bonchev–Trinajstić information content (AvgIpc) is 3.46. The van der Waals surface area contributed by atoms with Crippen molar-refractivity contribution in [3.8, 4) is 5.75 Å². The molecule has 2 nitrogen and oxygen atoms in total. The van der Waals surface area contributed by atoms with Crippen LogP contribution in [0.4, 0.5) is 0 Å². The zero-order valence-corrected chi connectivity index (χ0v) is 15.9. The second-order valence-electron chi connectivity index (χ2n) is 7.27. The van der Waals surface area contributed by atoms with E-state index in [2.05, 4.69) is 30.8 Å². The van der Waals surface area contributed by atoms with Gasteiger partial charge >= 0.3 is 0 Å². The van der Waals surface area contributed by atoms with Crippen molar-refractivity contribution in [1.29, 1.82) is 0 Å². The Kier molecular flexibility index (Phi) is 10.4. The maximum atomic E-state index is 5.67. The molecule has 0 bridgehead atoms. The summed E-state index contributed by atoms with van der Waals surface area (Å²) in [4.78, 5) is 0. The zero-order valence-electron chi connectivity index (χ0n) is 15.9. The summed E-state index contributed by atoms with van der Waals surface area (Å²) in [6.45, 7) is 5.32. The maximum Gasteiger partial charge on any atom is 0.119 e. The molecular weight excluding hydrogens is 308 g/mol. The first-order valence-electron chi connectivity index (χ1n) is 10.3. The van der Waals surface area contributed by atoms with Gasteiger partial charge in [0.15, 0.2) is 0 Å². The molecule has 1 aromatic rings. The van der Waals surface area contributed by atoms with Crippen LogP contribution in [0.2, 0.25) is 0 Å². The Bertz CT molecular complexity index is 448. The summed E-state index contributed by atoms with van der Waals surface area (Å²) in [5, 5.41) is 0. The number of benzene rings is 1. The maximum absolute atomic E-state index is 5.67. The van der Waals surface area contributed by atoms with Gasteiger partial charge in [0.05, 0.1) is 6.61 Å². The van der Waals surface area contributed by atoms with E-state index < -0.39 is 0 Å². The summed E-state index contributed by atoms with van der Waals surface area (Å²) in [6.07, 6.45) is 18.6. The molecule has 1 aliphatic heterocycles. The molecule has 2 heteroatoms. The van der Waals surface area contributed by atoms with E-state index in [-0.39, 0.29) is 0 Å². The normalized spacial score (nSPS) is 15.9. The molecule has 2 rings (SSSR count). The summed E-state index contributed by atoms with van der Waals surface area (Å²) in [5.41, 5.74) is 1.43. The van der Waals surface area contributed by atoms with Crippen molar-refractivity contribution in [2.75, 3.05) is 13.2 Å².